The molecular weight excluding hydrogens is 358 g/mol. The predicted octanol–water partition coefficient (Wildman–Crippen LogP) is 5.01. The maximum Gasteiger partial charge on any atom is 0.143 e. The van der Waals surface area contributed by atoms with Gasteiger partial charge in [-0.1, -0.05) is 0 Å². The molecule has 2 saturated carbocycles. The molecule has 2 aliphatic carbocycles. The molecule has 2 bridgehead atoms. The van der Waals surface area contributed by atoms with Crippen LogP contribution in [-0.4, -0.2) is 10.2 Å². The number of aromatic amines is 1. The number of hydrogen-bond acceptors (Lipinski definition) is 3. The van der Waals surface area contributed by atoms with E-state index in [0.29, 0.717) is 23.3 Å². The van der Waals surface area contributed by atoms with Crippen LogP contribution >= 0.6 is 0 Å². The molecule has 3 aliphatic rings. The molecule has 3 aromatic rings. The van der Waals surface area contributed by atoms with Crippen molar-refractivity contribution in [2.45, 2.75) is 31.2 Å². The number of anilines is 1. The van der Waals surface area contributed by atoms with Gasteiger partial charge in [-0.25, -0.2) is 8.78 Å². The van der Waals surface area contributed by atoms with Crippen LogP contribution in [0.1, 0.15) is 47.9 Å². The van der Waals surface area contributed by atoms with Gasteiger partial charge in [-0.3, -0.25) is 5.10 Å². The van der Waals surface area contributed by atoms with E-state index < -0.39 is 11.6 Å². The van der Waals surface area contributed by atoms with Gasteiger partial charge in [0.05, 0.1) is 23.3 Å². The molecule has 5 atom stereocenters. The first-order chi connectivity index (χ1) is 13.7. The Kier molecular flexibility index (Phi) is 3.18. The number of benzene rings is 2. The van der Waals surface area contributed by atoms with Gasteiger partial charge in [0.2, 0.25) is 0 Å². The summed E-state index contributed by atoms with van der Waals surface area (Å²) in [5, 5.41) is 21.2. The second kappa shape index (κ2) is 5.54. The van der Waals surface area contributed by atoms with Crippen LogP contribution < -0.4 is 5.32 Å². The smallest absolute Gasteiger partial charge is 0.143 e. The Morgan fingerprint density at radius 2 is 1.96 bits per heavy atom. The molecule has 4 nitrogen and oxygen atoms in total. The summed E-state index contributed by atoms with van der Waals surface area (Å²) < 4.78 is 28.7. The normalized spacial score (nSPS) is 30.0. The quantitative estimate of drug-likeness (QED) is 0.627. The molecule has 0 saturated heterocycles. The second-order valence-electron chi connectivity index (χ2n) is 8.38. The number of H-pyrrole nitrogens is 1. The molecule has 2 fully saturated rings. The molecule has 1 aliphatic heterocycles. The average molecular weight is 376 g/mol. The molecule has 0 radical (unpaired) electrons. The van der Waals surface area contributed by atoms with Crippen molar-refractivity contribution < 1.29 is 8.78 Å². The molecule has 1 aromatic heterocycles. The first-order valence-electron chi connectivity index (χ1n) is 9.77. The van der Waals surface area contributed by atoms with Gasteiger partial charge in [-0.2, -0.15) is 10.4 Å². The van der Waals surface area contributed by atoms with Gasteiger partial charge in [0.1, 0.15) is 17.7 Å². The fourth-order valence-corrected chi connectivity index (χ4v) is 6.21. The third-order valence-electron chi connectivity index (χ3n) is 7.22. The SMILES string of the molecule is N#Cc1cc([C@@H]2Nc3ccc4[nH]ncc4c3[C@H]3C4CCC(C4)[C@@H]23)c(F)cc1F. The molecule has 2 unspecified atom stereocenters. The number of nitrogens with zero attached hydrogens (tertiary/aromatic N) is 2. The summed E-state index contributed by atoms with van der Waals surface area (Å²) >= 11 is 0. The van der Waals surface area contributed by atoms with Crippen molar-refractivity contribution in [3.05, 3.63) is 58.8 Å². The van der Waals surface area contributed by atoms with Crippen molar-refractivity contribution in [3.63, 3.8) is 0 Å². The molecular formula is C22H18F2N4. The molecule has 28 heavy (non-hydrogen) atoms. The van der Waals surface area contributed by atoms with Crippen LogP contribution in [0.25, 0.3) is 10.9 Å². The van der Waals surface area contributed by atoms with Crippen LogP contribution in [0.5, 0.6) is 0 Å². The number of nitrogens with one attached hydrogen (secondary N) is 2. The Balaban J connectivity index is 1.57. The summed E-state index contributed by atoms with van der Waals surface area (Å²) in [6.07, 6.45) is 5.37. The third-order valence-corrected chi connectivity index (χ3v) is 7.22. The van der Waals surface area contributed by atoms with Crippen molar-refractivity contribution in [1.82, 2.24) is 10.2 Å². The lowest BCUT2D eigenvalue weighted by molar-refractivity contribution is 0.246. The molecule has 0 spiro atoms. The standard InChI is InChI=1S/C22H18F2N4/c23-15-7-16(24)13(6-12(15)8-25)22-20-11-2-1-10(5-11)19(20)21-14-9-26-28-17(14)3-4-18(21)27-22/h3-4,6-7,9-11,19-20,22,27H,1-2,5H2,(H,26,28)/t10?,11?,19-,20+,22-/m0/s1. The van der Waals surface area contributed by atoms with Crippen LogP contribution in [0.15, 0.2) is 30.5 Å². The minimum absolute atomic E-state index is 0.103. The Labute approximate surface area is 160 Å². The molecule has 2 heterocycles. The first-order valence-corrected chi connectivity index (χ1v) is 9.77. The van der Waals surface area contributed by atoms with Crippen molar-refractivity contribution in [3.8, 4) is 6.07 Å². The molecule has 6 rings (SSSR count). The Morgan fingerprint density at radius 1 is 1.11 bits per heavy atom. The maximum absolute atomic E-state index is 14.8. The van der Waals surface area contributed by atoms with E-state index >= 15 is 0 Å². The summed E-state index contributed by atoms with van der Waals surface area (Å²) in [7, 11) is 0. The van der Waals surface area contributed by atoms with Gasteiger partial charge in [0, 0.05) is 22.7 Å². The summed E-state index contributed by atoms with van der Waals surface area (Å²) in [5.74, 6) is 0.276. The fraction of sp³-hybridized carbons (Fsp3) is 0.364. The summed E-state index contributed by atoms with van der Waals surface area (Å²) in [5.41, 5.74) is 3.59. The second-order valence-corrected chi connectivity index (χ2v) is 8.38. The number of halogens is 2. The largest absolute Gasteiger partial charge is 0.378 e. The van der Waals surface area contributed by atoms with E-state index in [9.17, 15) is 14.0 Å². The average Bonchev–Trinajstić information content (AvgIpc) is 3.43. The lowest BCUT2D eigenvalue weighted by atomic mass is 9.67. The van der Waals surface area contributed by atoms with Gasteiger partial charge in [0.15, 0.2) is 0 Å². The number of fused-ring (bicyclic) bond motifs is 9. The van der Waals surface area contributed by atoms with E-state index in [4.69, 9.17) is 0 Å². The van der Waals surface area contributed by atoms with Crippen LogP contribution in [0.4, 0.5) is 14.5 Å². The zero-order valence-electron chi connectivity index (χ0n) is 15.0. The van der Waals surface area contributed by atoms with Gasteiger partial charge in [-0.15, -0.1) is 0 Å². The zero-order chi connectivity index (χ0) is 19.0. The Morgan fingerprint density at radius 3 is 2.82 bits per heavy atom. The van der Waals surface area contributed by atoms with Gasteiger partial charge >= 0.3 is 0 Å². The summed E-state index contributed by atoms with van der Waals surface area (Å²) in [6, 6.07) is 7.86. The van der Waals surface area contributed by atoms with Gasteiger partial charge in [-0.05, 0) is 66.7 Å². The van der Waals surface area contributed by atoms with E-state index in [1.54, 1.807) is 0 Å². The van der Waals surface area contributed by atoms with E-state index in [0.717, 1.165) is 35.5 Å². The highest BCUT2D eigenvalue weighted by Gasteiger charge is 2.54. The molecule has 2 aromatic carbocycles. The van der Waals surface area contributed by atoms with Crippen molar-refractivity contribution in [2.24, 2.45) is 17.8 Å². The molecule has 6 heteroatoms. The lowest BCUT2D eigenvalue weighted by Crippen LogP contribution is -2.36. The van der Waals surface area contributed by atoms with Crippen molar-refractivity contribution in [2.75, 3.05) is 5.32 Å². The number of aromatic nitrogens is 2. The first kappa shape index (κ1) is 16.1. The summed E-state index contributed by atoms with van der Waals surface area (Å²) in [6.45, 7) is 0. The number of hydrogen-bond donors (Lipinski definition) is 2. The monoisotopic (exact) mass is 376 g/mol. The van der Waals surface area contributed by atoms with Crippen LogP contribution in [0.3, 0.4) is 0 Å². The molecule has 2 N–H and O–H groups in total. The fourth-order valence-electron chi connectivity index (χ4n) is 6.21. The van der Waals surface area contributed by atoms with Crippen LogP contribution in [-0.2, 0) is 0 Å². The van der Waals surface area contributed by atoms with E-state index in [-0.39, 0.29) is 17.5 Å². The van der Waals surface area contributed by atoms with E-state index in [1.807, 2.05) is 24.4 Å². The number of rotatable bonds is 1. The van der Waals surface area contributed by atoms with Crippen LogP contribution in [0, 0.1) is 40.7 Å². The Bertz CT molecular complexity index is 1160. The highest BCUT2D eigenvalue weighted by atomic mass is 19.1. The topological polar surface area (TPSA) is 64.5 Å². The predicted molar refractivity (Wildman–Crippen MR) is 101 cm³/mol. The Hall–Kier alpha value is -2.94. The van der Waals surface area contributed by atoms with E-state index in [2.05, 4.69) is 15.5 Å². The summed E-state index contributed by atoms with van der Waals surface area (Å²) in [4.78, 5) is 0. The minimum Gasteiger partial charge on any atom is -0.378 e. The maximum atomic E-state index is 14.8. The minimum atomic E-state index is -0.801. The zero-order valence-corrected chi connectivity index (χ0v) is 15.0. The van der Waals surface area contributed by atoms with Gasteiger partial charge < -0.3 is 5.32 Å². The van der Waals surface area contributed by atoms with Gasteiger partial charge in [0.25, 0.3) is 0 Å². The molecule has 140 valence electrons. The van der Waals surface area contributed by atoms with Crippen molar-refractivity contribution >= 4 is 16.6 Å². The highest BCUT2D eigenvalue weighted by Crippen LogP contribution is 2.64. The van der Waals surface area contributed by atoms with E-state index in [1.165, 1.54) is 18.1 Å². The van der Waals surface area contributed by atoms with Crippen molar-refractivity contribution in [1.29, 1.82) is 5.26 Å². The van der Waals surface area contributed by atoms with Crippen LogP contribution in [0.2, 0.25) is 0 Å². The molecule has 0 amide bonds. The highest BCUT2D eigenvalue weighted by molar-refractivity contribution is 5.88. The number of nitriles is 1. The lowest BCUT2D eigenvalue weighted by Gasteiger charge is -2.43. The third kappa shape index (κ3) is 1.99.